The number of hydrogen-bond donors (Lipinski definition) is 4. The number of unbranched alkanes of at least 4 members (excludes halogenated alkanes) is 18. The van der Waals surface area contributed by atoms with Gasteiger partial charge in [0.15, 0.2) is 0 Å². The summed E-state index contributed by atoms with van der Waals surface area (Å²) in [5.41, 5.74) is 4.29. The Kier molecular flexibility index (Phi) is 60.6. The fourth-order valence-corrected chi connectivity index (χ4v) is 9.47. The van der Waals surface area contributed by atoms with Crippen LogP contribution in [-0.4, -0.2) is 191 Å². The van der Waals surface area contributed by atoms with Gasteiger partial charge in [-0.2, -0.15) is 0 Å². The number of aryl methyl sites for hydroxylation is 3. The van der Waals surface area contributed by atoms with Crippen LogP contribution in [0.2, 0.25) is 0 Å². The molecule has 0 aliphatic carbocycles. The average molecular weight is 1300 g/mol. The van der Waals surface area contributed by atoms with E-state index in [2.05, 4.69) is 60.2 Å². The standard InChI is InChI=1S/C42H79O13P.C23H41O8P/c1-3-5-7-9-11-13-15-17-40-19-20-42(39-41(40)18-16-14-12-10-8-6-4-2)54-37-35-52-33-31-50-29-27-48-25-23-46-21-22-47-24-26-49-28-30-51-32-34-53-36-38-55-56(43,44)45;1-2-3-4-5-6-7-8-10-22-11-9-12-23(21-22)30-19-17-28-15-13-27-14-16-29-18-20-31-32(24,25)26/h19-20,39H,3-18,21-38H2,1-2H3,(H2,43,44,45);9,11-12,21H,2-8,10,13-20H2,1H3,(H2,24,25,26). The Morgan fingerprint density at radius 2 is 0.557 bits per heavy atom. The molecule has 0 atom stereocenters. The normalized spacial score (nSPS) is 11.8. The van der Waals surface area contributed by atoms with Gasteiger partial charge in [-0.1, -0.05) is 155 Å². The van der Waals surface area contributed by atoms with Crippen molar-refractivity contribution < 1.29 is 99.3 Å². The minimum atomic E-state index is -4.44. The molecule has 0 bridgehead atoms. The highest BCUT2D eigenvalue weighted by molar-refractivity contribution is 7.46. The van der Waals surface area contributed by atoms with Crippen LogP contribution in [0, 0.1) is 0 Å². The van der Waals surface area contributed by atoms with Crippen LogP contribution >= 0.6 is 15.6 Å². The number of hydrogen-bond acceptors (Lipinski definition) is 17. The van der Waals surface area contributed by atoms with Crippen LogP contribution in [0.5, 0.6) is 11.5 Å². The fraction of sp³-hybridized carbons (Fsp3) is 0.815. The molecule has 0 heterocycles. The summed E-state index contributed by atoms with van der Waals surface area (Å²) < 4.78 is 101. The van der Waals surface area contributed by atoms with E-state index in [9.17, 15) is 9.13 Å². The second-order valence-electron chi connectivity index (χ2n) is 21.3. The lowest BCUT2D eigenvalue weighted by atomic mass is 9.96. The fourth-order valence-electron chi connectivity index (χ4n) is 8.84. The molecule has 2 rings (SSSR count). The van der Waals surface area contributed by atoms with Gasteiger partial charge in [-0.25, -0.2) is 9.13 Å². The van der Waals surface area contributed by atoms with Crippen molar-refractivity contribution in [3.05, 3.63) is 59.2 Å². The largest absolute Gasteiger partial charge is 0.491 e. The van der Waals surface area contributed by atoms with Crippen molar-refractivity contribution in [2.45, 2.75) is 175 Å². The van der Waals surface area contributed by atoms with E-state index in [1.807, 2.05) is 12.1 Å². The lowest BCUT2D eigenvalue weighted by Gasteiger charge is -2.14. The van der Waals surface area contributed by atoms with E-state index in [-0.39, 0.29) is 26.4 Å². The SMILES string of the molecule is CCCCCCCCCc1ccc(OCCOCCOCCOCCOCCOCCOCCOCCOCCOP(=O)(O)O)cc1CCCCCCCCC.CCCCCCCCCc1cccc(OCCOCCOCCOCCOP(=O)(O)O)c1. The third-order valence-corrected chi connectivity index (χ3v) is 14.6. The molecule has 0 radical (unpaired) electrons. The highest BCUT2D eigenvalue weighted by atomic mass is 31.2. The zero-order valence-electron chi connectivity index (χ0n) is 54.5. The van der Waals surface area contributed by atoms with E-state index in [1.165, 1.54) is 158 Å². The maximum Gasteiger partial charge on any atom is 0.469 e. The van der Waals surface area contributed by atoms with Gasteiger partial charge in [0.05, 0.1) is 159 Å². The summed E-state index contributed by atoms with van der Waals surface area (Å²) in [4.78, 5) is 34.1. The van der Waals surface area contributed by atoms with Crippen molar-refractivity contribution in [3.8, 4) is 11.5 Å². The Morgan fingerprint density at radius 1 is 0.284 bits per heavy atom. The van der Waals surface area contributed by atoms with Crippen molar-refractivity contribution in [1.82, 2.24) is 0 Å². The molecule has 4 N–H and O–H groups in total. The van der Waals surface area contributed by atoms with Crippen LogP contribution in [0.3, 0.4) is 0 Å². The molecule has 0 spiro atoms. The quantitative estimate of drug-likeness (QED) is 0.0355. The van der Waals surface area contributed by atoms with E-state index in [0.717, 1.165) is 24.3 Å². The Labute approximate surface area is 530 Å². The van der Waals surface area contributed by atoms with Crippen LogP contribution in [0.4, 0.5) is 0 Å². The zero-order valence-corrected chi connectivity index (χ0v) is 56.3. The minimum absolute atomic E-state index is 0.0814. The summed E-state index contributed by atoms with van der Waals surface area (Å²) in [5, 5.41) is 0. The molecule has 0 aromatic heterocycles. The van der Waals surface area contributed by atoms with Crippen LogP contribution in [0.15, 0.2) is 42.5 Å². The second kappa shape index (κ2) is 63.6. The van der Waals surface area contributed by atoms with Gasteiger partial charge in [0, 0.05) is 0 Å². The first-order chi connectivity index (χ1) is 43.0. The van der Waals surface area contributed by atoms with Gasteiger partial charge in [0.2, 0.25) is 0 Å². The summed E-state index contributed by atoms with van der Waals surface area (Å²) in [6.45, 7) is 16.7. The molecule has 0 aliphatic heterocycles. The van der Waals surface area contributed by atoms with E-state index < -0.39 is 15.6 Å². The monoisotopic (exact) mass is 1300 g/mol. The molecule has 21 nitrogen and oxygen atoms in total. The molecular formula is C65H120O21P2. The molecule has 2 aromatic carbocycles. The summed E-state index contributed by atoms with van der Waals surface area (Å²) in [6, 6.07) is 15.0. The minimum Gasteiger partial charge on any atom is -0.491 e. The number of benzene rings is 2. The van der Waals surface area contributed by atoms with Crippen LogP contribution in [0.25, 0.3) is 0 Å². The predicted molar refractivity (Wildman–Crippen MR) is 344 cm³/mol. The van der Waals surface area contributed by atoms with Crippen LogP contribution in [0.1, 0.15) is 172 Å². The molecule has 0 amide bonds. The van der Waals surface area contributed by atoms with Gasteiger partial charge in [0.25, 0.3) is 0 Å². The Morgan fingerprint density at radius 3 is 0.886 bits per heavy atom. The second-order valence-corrected chi connectivity index (χ2v) is 23.8. The molecule has 2 aromatic rings. The van der Waals surface area contributed by atoms with Crippen molar-refractivity contribution in [3.63, 3.8) is 0 Å². The first kappa shape index (κ1) is 83.8. The lowest BCUT2D eigenvalue weighted by molar-refractivity contribution is -0.0242. The summed E-state index contributed by atoms with van der Waals surface area (Å²) in [6.07, 6.45) is 31.3. The Hall–Kier alpha value is -2.18. The number of phosphoric ester groups is 2. The first-order valence-corrected chi connectivity index (χ1v) is 36.2. The maximum absolute atomic E-state index is 10.5. The van der Waals surface area contributed by atoms with E-state index in [1.54, 1.807) is 0 Å². The Bertz CT molecular complexity index is 1880. The van der Waals surface area contributed by atoms with E-state index in [4.69, 9.17) is 81.2 Å². The highest BCUT2D eigenvalue weighted by Crippen LogP contribution is 2.36. The highest BCUT2D eigenvalue weighted by Gasteiger charge is 2.14. The molecule has 0 saturated carbocycles. The van der Waals surface area contributed by atoms with Gasteiger partial charge < -0.3 is 81.2 Å². The maximum atomic E-state index is 10.5. The van der Waals surface area contributed by atoms with E-state index in [0.29, 0.717) is 145 Å². The summed E-state index contributed by atoms with van der Waals surface area (Å²) in [7, 11) is -8.86. The summed E-state index contributed by atoms with van der Waals surface area (Å²) >= 11 is 0. The molecular weight excluding hydrogens is 1180 g/mol. The van der Waals surface area contributed by atoms with Gasteiger partial charge in [-0.15, -0.1) is 0 Å². The van der Waals surface area contributed by atoms with Crippen LogP contribution in [-0.2, 0) is 89.5 Å². The predicted octanol–water partition coefficient (Wildman–Crippen LogP) is 12.4. The Balaban J connectivity index is 0.00000102. The van der Waals surface area contributed by atoms with Crippen molar-refractivity contribution in [2.24, 2.45) is 0 Å². The van der Waals surface area contributed by atoms with Gasteiger partial charge in [0.1, 0.15) is 24.7 Å². The van der Waals surface area contributed by atoms with Crippen molar-refractivity contribution in [2.75, 3.05) is 172 Å². The first-order valence-electron chi connectivity index (χ1n) is 33.2. The van der Waals surface area contributed by atoms with Crippen LogP contribution < -0.4 is 9.47 Å². The molecule has 0 saturated heterocycles. The van der Waals surface area contributed by atoms with E-state index >= 15 is 0 Å². The van der Waals surface area contributed by atoms with Crippen molar-refractivity contribution >= 4 is 15.6 Å². The lowest BCUT2D eigenvalue weighted by Crippen LogP contribution is -2.15. The molecule has 88 heavy (non-hydrogen) atoms. The number of ether oxygens (including phenoxy) is 13. The number of rotatable bonds is 67. The average Bonchev–Trinajstić information content (AvgIpc) is 3.71. The molecule has 0 fully saturated rings. The number of phosphoric acid groups is 2. The molecule has 0 unspecified atom stereocenters. The smallest absolute Gasteiger partial charge is 0.469 e. The van der Waals surface area contributed by atoms with Crippen molar-refractivity contribution in [1.29, 1.82) is 0 Å². The third kappa shape index (κ3) is 61.3. The third-order valence-electron chi connectivity index (χ3n) is 13.6. The molecule has 23 heteroatoms. The van der Waals surface area contributed by atoms with Gasteiger partial charge in [-0.05, 0) is 79.5 Å². The summed E-state index contributed by atoms with van der Waals surface area (Å²) in [5.74, 6) is 1.82. The molecule has 516 valence electrons. The van der Waals surface area contributed by atoms with Gasteiger partial charge >= 0.3 is 15.6 Å². The zero-order chi connectivity index (χ0) is 63.8. The topological polar surface area (TPSA) is 254 Å². The van der Waals surface area contributed by atoms with Gasteiger partial charge in [-0.3, -0.25) is 9.05 Å². The molecule has 0 aliphatic rings.